The van der Waals surface area contributed by atoms with Gasteiger partial charge < -0.3 is 9.84 Å². The van der Waals surface area contributed by atoms with E-state index in [0.717, 1.165) is 5.56 Å². The first-order chi connectivity index (χ1) is 8.68. The second-order valence-electron chi connectivity index (χ2n) is 3.86. The average molecular weight is 243 g/mol. The lowest BCUT2D eigenvalue weighted by molar-refractivity contribution is 0.0464. The molecule has 0 aliphatic carbocycles. The summed E-state index contributed by atoms with van der Waals surface area (Å²) in [5, 5.41) is 9.52. The minimum Gasteiger partial charge on any atom is -0.507 e. The molecule has 0 unspecified atom stereocenters. The van der Waals surface area contributed by atoms with Crippen LogP contribution in [0.2, 0.25) is 0 Å². The molecule has 1 aromatic heterocycles. The van der Waals surface area contributed by atoms with Crippen LogP contribution in [0, 0.1) is 6.92 Å². The molecule has 2 rings (SSSR count). The summed E-state index contributed by atoms with van der Waals surface area (Å²) >= 11 is 0. The Morgan fingerprint density at radius 1 is 1.28 bits per heavy atom. The van der Waals surface area contributed by atoms with Crippen molar-refractivity contribution in [2.24, 2.45) is 0 Å². The Kier molecular flexibility index (Phi) is 3.57. The summed E-state index contributed by atoms with van der Waals surface area (Å²) < 4.78 is 5.11. The zero-order chi connectivity index (χ0) is 13.0. The number of nitrogens with zero attached hydrogens (tertiary/aromatic N) is 1. The largest absolute Gasteiger partial charge is 0.507 e. The Morgan fingerprint density at radius 3 is 2.78 bits per heavy atom. The predicted octanol–water partition coefficient (Wildman–Crippen LogP) is 2.45. The summed E-state index contributed by atoms with van der Waals surface area (Å²) in [5.41, 5.74) is 1.83. The number of para-hydroxylation sites is 1. The van der Waals surface area contributed by atoms with E-state index >= 15 is 0 Å². The molecule has 1 aromatic carbocycles. The number of aryl methyl sites for hydroxylation is 1. The van der Waals surface area contributed by atoms with Crippen LogP contribution in [-0.2, 0) is 11.3 Å². The van der Waals surface area contributed by atoms with Crippen LogP contribution in [0.4, 0.5) is 0 Å². The maximum absolute atomic E-state index is 11.7. The van der Waals surface area contributed by atoms with E-state index in [-0.39, 0.29) is 17.9 Å². The number of carbonyl (C=O) groups is 1. The molecule has 4 heteroatoms. The van der Waals surface area contributed by atoms with Crippen molar-refractivity contribution in [2.45, 2.75) is 13.5 Å². The van der Waals surface area contributed by atoms with Crippen LogP contribution in [0.15, 0.2) is 42.6 Å². The third-order valence-electron chi connectivity index (χ3n) is 2.58. The van der Waals surface area contributed by atoms with E-state index in [4.69, 9.17) is 4.74 Å². The van der Waals surface area contributed by atoms with Gasteiger partial charge in [-0.2, -0.15) is 0 Å². The molecule has 1 N–H and O–H groups in total. The van der Waals surface area contributed by atoms with Crippen LogP contribution in [0.1, 0.15) is 21.6 Å². The van der Waals surface area contributed by atoms with Gasteiger partial charge in [0, 0.05) is 6.20 Å². The van der Waals surface area contributed by atoms with Crippen LogP contribution < -0.4 is 0 Å². The highest BCUT2D eigenvalue weighted by Gasteiger charge is 2.12. The highest BCUT2D eigenvalue weighted by Crippen LogP contribution is 2.17. The fraction of sp³-hybridized carbons (Fsp3) is 0.143. The molecule has 0 bridgehead atoms. The van der Waals surface area contributed by atoms with Gasteiger partial charge >= 0.3 is 5.97 Å². The summed E-state index contributed by atoms with van der Waals surface area (Å²) in [6.07, 6.45) is 1.65. The zero-order valence-corrected chi connectivity index (χ0v) is 9.96. The molecule has 18 heavy (non-hydrogen) atoms. The SMILES string of the molecule is Cc1cccnc1COC(=O)c1ccccc1O. The van der Waals surface area contributed by atoms with Crippen LogP contribution >= 0.6 is 0 Å². The van der Waals surface area contributed by atoms with Crippen molar-refractivity contribution in [3.63, 3.8) is 0 Å². The molecule has 0 fully saturated rings. The number of phenols is 1. The molecule has 0 saturated heterocycles. The van der Waals surface area contributed by atoms with E-state index in [0.29, 0.717) is 5.69 Å². The number of aromatic nitrogens is 1. The number of hydrogen-bond donors (Lipinski definition) is 1. The molecule has 2 aromatic rings. The quantitative estimate of drug-likeness (QED) is 0.841. The lowest BCUT2D eigenvalue weighted by Gasteiger charge is -2.07. The van der Waals surface area contributed by atoms with Crippen molar-refractivity contribution in [2.75, 3.05) is 0 Å². The van der Waals surface area contributed by atoms with Crippen molar-refractivity contribution in [1.29, 1.82) is 0 Å². The topological polar surface area (TPSA) is 59.4 Å². The van der Waals surface area contributed by atoms with Gasteiger partial charge in [0.05, 0.1) is 5.69 Å². The number of phenolic OH excluding ortho intramolecular Hbond substituents is 1. The molecule has 92 valence electrons. The Bertz CT molecular complexity index is 566. The van der Waals surface area contributed by atoms with Gasteiger partial charge in [-0.05, 0) is 30.7 Å². The second kappa shape index (κ2) is 5.31. The molecule has 0 aliphatic rings. The van der Waals surface area contributed by atoms with Gasteiger partial charge in [0.25, 0.3) is 0 Å². The molecule has 0 spiro atoms. The van der Waals surface area contributed by atoms with Gasteiger partial charge in [0.2, 0.25) is 0 Å². The number of esters is 1. The molecule has 0 radical (unpaired) electrons. The smallest absolute Gasteiger partial charge is 0.342 e. The van der Waals surface area contributed by atoms with Gasteiger partial charge in [-0.3, -0.25) is 4.98 Å². The fourth-order valence-corrected chi connectivity index (χ4v) is 1.53. The van der Waals surface area contributed by atoms with Gasteiger partial charge in [-0.15, -0.1) is 0 Å². The van der Waals surface area contributed by atoms with Crippen molar-refractivity contribution < 1.29 is 14.6 Å². The first kappa shape index (κ1) is 12.1. The third-order valence-corrected chi connectivity index (χ3v) is 2.58. The monoisotopic (exact) mass is 243 g/mol. The summed E-state index contributed by atoms with van der Waals surface area (Å²) in [6.45, 7) is 2.00. The number of benzene rings is 1. The highest BCUT2D eigenvalue weighted by molar-refractivity contribution is 5.92. The molecule has 0 saturated carbocycles. The third kappa shape index (κ3) is 2.66. The van der Waals surface area contributed by atoms with Gasteiger partial charge in [0.1, 0.15) is 17.9 Å². The number of rotatable bonds is 3. The van der Waals surface area contributed by atoms with Crippen LogP contribution in [0.5, 0.6) is 5.75 Å². The van der Waals surface area contributed by atoms with Crippen LogP contribution in [0.25, 0.3) is 0 Å². The van der Waals surface area contributed by atoms with E-state index in [1.807, 2.05) is 19.1 Å². The van der Waals surface area contributed by atoms with E-state index in [1.54, 1.807) is 18.3 Å². The number of hydrogen-bond acceptors (Lipinski definition) is 4. The van der Waals surface area contributed by atoms with Crippen molar-refractivity contribution in [1.82, 2.24) is 4.98 Å². The van der Waals surface area contributed by atoms with Crippen molar-refractivity contribution >= 4 is 5.97 Å². The number of aromatic hydroxyl groups is 1. The standard InChI is InChI=1S/C14H13NO3/c1-10-5-4-8-15-12(10)9-18-14(17)11-6-2-3-7-13(11)16/h2-8,16H,9H2,1H3. The predicted molar refractivity (Wildman–Crippen MR) is 66.2 cm³/mol. The molecule has 1 heterocycles. The van der Waals surface area contributed by atoms with Gasteiger partial charge in [0.15, 0.2) is 0 Å². The number of pyridine rings is 1. The van der Waals surface area contributed by atoms with Crippen molar-refractivity contribution in [3.05, 3.63) is 59.4 Å². The van der Waals surface area contributed by atoms with E-state index in [9.17, 15) is 9.90 Å². The lowest BCUT2D eigenvalue weighted by Crippen LogP contribution is -2.07. The Hall–Kier alpha value is -2.36. The second-order valence-corrected chi connectivity index (χ2v) is 3.86. The Morgan fingerprint density at radius 2 is 2.06 bits per heavy atom. The Labute approximate surface area is 105 Å². The van der Waals surface area contributed by atoms with Gasteiger partial charge in [-0.1, -0.05) is 18.2 Å². The first-order valence-corrected chi connectivity index (χ1v) is 5.54. The molecule has 4 nitrogen and oxygen atoms in total. The normalized spacial score (nSPS) is 10.1. The molecular formula is C14H13NO3. The average Bonchev–Trinajstić information content (AvgIpc) is 2.38. The first-order valence-electron chi connectivity index (χ1n) is 5.54. The molecular weight excluding hydrogens is 230 g/mol. The van der Waals surface area contributed by atoms with E-state index < -0.39 is 5.97 Å². The Balaban J connectivity index is 2.06. The van der Waals surface area contributed by atoms with E-state index in [1.165, 1.54) is 12.1 Å². The number of ether oxygens (including phenoxy) is 1. The minimum atomic E-state index is -0.557. The zero-order valence-electron chi connectivity index (χ0n) is 9.96. The summed E-state index contributed by atoms with van der Waals surface area (Å²) in [4.78, 5) is 15.9. The van der Waals surface area contributed by atoms with E-state index in [2.05, 4.69) is 4.98 Å². The maximum Gasteiger partial charge on any atom is 0.342 e. The summed E-state index contributed by atoms with van der Waals surface area (Å²) in [5.74, 6) is -0.640. The van der Waals surface area contributed by atoms with Crippen LogP contribution in [0.3, 0.4) is 0 Å². The van der Waals surface area contributed by atoms with Crippen molar-refractivity contribution in [3.8, 4) is 5.75 Å². The lowest BCUT2D eigenvalue weighted by atomic mass is 10.2. The number of carbonyl (C=O) groups excluding carboxylic acids is 1. The van der Waals surface area contributed by atoms with Gasteiger partial charge in [-0.25, -0.2) is 4.79 Å². The maximum atomic E-state index is 11.7. The van der Waals surface area contributed by atoms with Crippen LogP contribution in [-0.4, -0.2) is 16.1 Å². The molecule has 0 amide bonds. The molecule has 0 aliphatic heterocycles. The molecule has 0 atom stereocenters. The summed E-state index contributed by atoms with van der Waals surface area (Å²) in [6, 6.07) is 10.0. The summed E-state index contributed by atoms with van der Waals surface area (Å²) in [7, 11) is 0. The minimum absolute atomic E-state index is 0.0831. The fourth-order valence-electron chi connectivity index (χ4n) is 1.53. The highest BCUT2D eigenvalue weighted by atomic mass is 16.5.